The summed E-state index contributed by atoms with van der Waals surface area (Å²) in [6.45, 7) is 4.43. The van der Waals surface area contributed by atoms with Crippen molar-refractivity contribution in [1.29, 1.82) is 0 Å². The molecule has 0 aromatic rings. The minimum Gasteiger partial charge on any atom is -0.396 e. The van der Waals surface area contributed by atoms with E-state index in [9.17, 15) is 0 Å². The van der Waals surface area contributed by atoms with Gasteiger partial charge in [0.1, 0.15) is 0 Å². The largest absolute Gasteiger partial charge is 0.396 e. The van der Waals surface area contributed by atoms with Crippen molar-refractivity contribution in [2.45, 2.75) is 45.4 Å². The van der Waals surface area contributed by atoms with Crippen LogP contribution < -0.4 is 5.32 Å². The normalized spacial score (nSPS) is 19.2. The molecule has 0 aromatic carbocycles. The summed E-state index contributed by atoms with van der Waals surface area (Å²) in [4.78, 5) is 4.53. The number of aliphatic imine (C=N–C) groups is 1. The van der Waals surface area contributed by atoms with Crippen LogP contribution in [0.1, 0.15) is 45.4 Å². The fourth-order valence-electron chi connectivity index (χ4n) is 1.91. The summed E-state index contributed by atoms with van der Waals surface area (Å²) in [5.74, 6) is 1.77. The van der Waals surface area contributed by atoms with E-state index >= 15 is 0 Å². The van der Waals surface area contributed by atoms with E-state index < -0.39 is 0 Å². The second kappa shape index (κ2) is 7.69. The van der Waals surface area contributed by atoms with Crippen LogP contribution in [0.4, 0.5) is 0 Å². The molecule has 15 heavy (non-hydrogen) atoms. The summed E-state index contributed by atoms with van der Waals surface area (Å²) >= 11 is 0. The van der Waals surface area contributed by atoms with Crippen molar-refractivity contribution in [3.63, 3.8) is 0 Å². The lowest BCUT2D eigenvalue weighted by atomic mass is 10.0. The Kier molecular flexibility index (Phi) is 6.41. The standard InChI is InChI=1S/C12H24N2O/c1-2-11(7-9-15)10-14-12-6-4-3-5-8-13-12/h11,15H,2-10H2,1H3,(H,13,14). The van der Waals surface area contributed by atoms with Crippen molar-refractivity contribution in [3.05, 3.63) is 0 Å². The fraction of sp³-hybridized carbons (Fsp3) is 0.917. The van der Waals surface area contributed by atoms with Gasteiger partial charge in [-0.3, -0.25) is 4.99 Å². The number of amidine groups is 1. The highest BCUT2D eigenvalue weighted by atomic mass is 16.3. The molecule has 0 saturated carbocycles. The first-order valence-corrected chi connectivity index (χ1v) is 6.25. The predicted molar refractivity (Wildman–Crippen MR) is 64.3 cm³/mol. The van der Waals surface area contributed by atoms with Gasteiger partial charge in [-0.15, -0.1) is 0 Å². The van der Waals surface area contributed by atoms with Crippen LogP contribution in [0.2, 0.25) is 0 Å². The summed E-state index contributed by atoms with van der Waals surface area (Å²) in [7, 11) is 0. The number of nitrogens with one attached hydrogen (secondary N) is 1. The Bertz CT molecular complexity index is 192. The Balaban J connectivity index is 2.24. The Hall–Kier alpha value is -0.570. The highest BCUT2D eigenvalue weighted by Crippen LogP contribution is 2.09. The smallest absolute Gasteiger partial charge is 0.0963 e. The highest BCUT2D eigenvalue weighted by Gasteiger charge is 2.08. The first-order chi connectivity index (χ1) is 7.36. The van der Waals surface area contributed by atoms with Crippen molar-refractivity contribution in [3.8, 4) is 0 Å². The molecule has 88 valence electrons. The zero-order chi connectivity index (χ0) is 10.9. The molecule has 0 spiro atoms. The van der Waals surface area contributed by atoms with Gasteiger partial charge in [0, 0.05) is 26.1 Å². The van der Waals surface area contributed by atoms with Crippen molar-refractivity contribution >= 4 is 5.84 Å². The summed E-state index contributed by atoms with van der Waals surface area (Å²) in [5.41, 5.74) is 0. The van der Waals surface area contributed by atoms with Gasteiger partial charge in [0.05, 0.1) is 5.84 Å². The molecular formula is C12H24N2O. The maximum absolute atomic E-state index is 8.89. The molecule has 1 aliphatic heterocycles. The lowest BCUT2D eigenvalue weighted by Crippen LogP contribution is -2.29. The van der Waals surface area contributed by atoms with E-state index in [0.717, 1.165) is 32.4 Å². The molecule has 0 fully saturated rings. The van der Waals surface area contributed by atoms with Gasteiger partial charge in [-0.1, -0.05) is 19.8 Å². The van der Waals surface area contributed by atoms with E-state index in [4.69, 9.17) is 5.11 Å². The third-order valence-electron chi connectivity index (χ3n) is 3.08. The summed E-state index contributed by atoms with van der Waals surface area (Å²) in [6.07, 6.45) is 6.94. The van der Waals surface area contributed by atoms with Gasteiger partial charge in [-0.2, -0.15) is 0 Å². The second-order valence-corrected chi connectivity index (χ2v) is 4.31. The van der Waals surface area contributed by atoms with E-state index in [1.165, 1.54) is 25.1 Å². The van der Waals surface area contributed by atoms with Gasteiger partial charge in [0.15, 0.2) is 0 Å². The van der Waals surface area contributed by atoms with E-state index in [0.29, 0.717) is 12.5 Å². The van der Waals surface area contributed by atoms with Crippen molar-refractivity contribution in [1.82, 2.24) is 5.32 Å². The van der Waals surface area contributed by atoms with Crippen LogP contribution in [0, 0.1) is 5.92 Å². The van der Waals surface area contributed by atoms with Crippen molar-refractivity contribution in [2.75, 3.05) is 19.7 Å². The van der Waals surface area contributed by atoms with Gasteiger partial charge < -0.3 is 10.4 Å². The van der Waals surface area contributed by atoms with Crippen molar-refractivity contribution in [2.24, 2.45) is 10.9 Å². The van der Waals surface area contributed by atoms with E-state index in [1.54, 1.807) is 0 Å². The Morgan fingerprint density at radius 3 is 3.00 bits per heavy atom. The topological polar surface area (TPSA) is 44.6 Å². The van der Waals surface area contributed by atoms with E-state index in [2.05, 4.69) is 17.2 Å². The minimum atomic E-state index is 0.298. The van der Waals surface area contributed by atoms with Crippen LogP contribution in [-0.2, 0) is 0 Å². The monoisotopic (exact) mass is 212 g/mol. The number of aliphatic hydroxyl groups excluding tert-OH is 1. The highest BCUT2D eigenvalue weighted by molar-refractivity contribution is 5.82. The van der Waals surface area contributed by atoms with Crippen LogP contribution in [0.3, 0.4) is 0 Å². The molecule has 0 amide bonds. The summed E-state index contributed by atoms with van der Waals surface area (Å²) in [5, 5.41) is 12.3. The van der Waals surface area contributed by atoms with Crippen molar-refractivity contribution < 1.29 is 5.11 Å². The SMILES string of the molecule is CCC(CCO)CNC1=NCCCCC1. The molecule has 0 radical (unpaired) electrons. The molecule has 3 nitrogen and oxygen atoms in total. The average Bonchev–Trinajstić information content (AvgIpc) is 2.52. The predicted octanol–water partition coefficient (Wildman–Crippen LogP) is 1.96. The molecule has 1 rings (SSSR count). The summed E-state index contributed by atoms with van der Waals surface area (Å²) < 4.78 is 0. The number of aliphatic hydroxyl groups is 1. The number of hydrogen-bond donors (Lipinski definition) is 2. The van der Waals surface area contributed by atoms with Crippen LogP contribution in [0.25, 0.3) is 0 Å². The molecule has 0 saturated heterocycles. The van der Waals surface area contributed by atoms with E-state index in [1.807, 2.05) is 0 Å². The number of rotatable bonds is 5. The zero-order valence-electron chi connectivity index (χ0n) is 9.84. The third kappa shape index (κ3) is 5.17. The molecule has 0 bridgehead atoms. The molecule has 0 aromatic heterocycles. The molecule has 1 heterocycles. The van der Waals surface area contributed by atoms with E-state index in [-0.39, 0.29) is 0 Å². The molecule has 3 heteroatoms. The average molecular weight is 212 g/mol. The molecule has 0 aliphatic carbocycles. The van der Waals surface area contributed by atoms with Gasteiger partial charge in [-0.05, 0) is 25.2 Å². The van der Waals surface area contributed by atoms with Crippen LogP contribution in [-0.4, -0.2) is 30.6 Å². The zero-order valence-corrected chi connectivity index (χ0v) is 9.84. The second-order valence-electron chi connectivity index (χ2n) is 4.31. The third-order valence-corrected chi connectivity index (χ3v) is 3.08. The minimum absolute atomic E-state index is 0.298. The summed E-state index contributed by atoms with van der Waals surface area (Å²) in [6, 6.07) is 0. The number of nitrogens with zero attached hydrogens (tertiary/aromatic N) is 1. The van der Waals surface area contributed by atoms with Gasteiger partial charge in [0.2, 0.25) is 0 Å². The molecule has 1 atom stereocenters. The molecular weight excluding hydrogens is 188 g/mol. The Labute approximate surface area is 93.0 Å². The quantitative estimate of drug-likeness (QED) is 0.731. The lowest BCUT2D eigenvalue weighted by Gasteiger charge is -2.16. The first-order valence-electron chi connectivity index (χ1n) is 6.25. The Morgan fingerprint density at radius 1 is 1.40 bits per heavy atom. The van der Waals surface area contributed by atoms with Crippen LogP contribution in [0.5, 0.6) is 0 Å². The van der Waals surface area contributed by atoms with Gasteiger partial charge >= 0.3 is 0 Å². The molecule has 1 aliphatic rings. The first kappa shape index (κ1) is 12.5. The molecule has 1 unspecified atom stereocenters. The number of hydrogen-bond acceptors (Lipinski definition) is 3. The van der Waals surface area contributed by atoms with Crippen LogP contribution in [0.15, 0.2) is 4.99 Å². The lowest BCUT2D eigenvalue weighted by molar-refractivity contribution is 0.254. The maximum atomic E-state index is 8.89. The maximum Gasteiger partial charge on any atom is 0.0963 e. The van der Waals surface area contributed by atoms with Gasteiger partial charge in [0.25, 0.3) is 0 Å². The fourth-order valence-corrected chi connectivity index (χ4v) is 1.91. The van der Waals surface area contributed by atoms with Crippen LogP contribution >= 0.6 is 0 Å². The molecule has 2 N–H and O–H groups in total. The van der Waals surface area contributed by atoms with Gasteiger partial charge in [-0.25, -0.2) is 0 Å². The Morgan fingerprint density at radius 2 is 2.27 bits per heavy atom.